The summed E-state index contributed by atoms with van der Waals surface area (Å²) in [6, 6.07) is 4.10. The quantitative estimate of drug-likeness (QED) is 0.337. The van der Waals surface area contributed by atoms with Gasteiger partial charge in [-0.05, 0) is 17.7 Å². The monoisotopic (exact) mass is 247 g/mol. The molecule has 1 atom stereocenters. The standard InChI is InChI=1S/C8H11NO3.CH2O2S/c9-4-8(12)5-1-2-6(10)7(11)3-5;2-1(3)4/h1-3,8,10-12H,4,9H2;4H,(H,2,3). The second kappa shape index (κ2) is 6.94. The van der Waals surface area contributed by atoms with Crippen LogP contribution in [0.1, 0.15) is 11.7 Å². The molecule has 1 aromatic rings. The van der Waals surface area contributed by atoms with Crippen molar-refractivity contribution in [2.24, 2.45) is 5.73 Å². The highest BCUT2D eigenvalue weighted by Gasteiger charge is 2.07. The van der Waals surface area contributed by atoms with Crippen LogP contribution in [0.15, 0.2) is 18.2 Å². The number of carboxylic acid groups (broad SMARTS) is 1. The normalized spacial score (nSPS) is 11.2. The second-order valence-electron chi connectivity index (χ2n) is 2.78. The zero-order valence-electron chi connectivity index (χ0n) is 8.24. The largest absolute Gasteiger partial charge is 0.504 e. The molecule has 0 fully saturated rings. The van der Waals surface area contributed by atoms with E-state index in [1.54, 1.807) is 0 Å². The van der Waals surface area contributed by atoms with Crippen molar-refractivity contribution in [2.75, 3.05) is 6.54 Å². The summed E-state index contributed by atoms with van der Waals surface area (Å²) in [4.78, 5) is 8.86. The number of aromatic hydroxyl groups is 2. The fourth-order valence-electron chi connectivity index (χ4n) is 0.884. The van der Waals surface area contributed by atoms with Gasteiger partial charge in [-0.3, -0.25) is 0 Å². The van der Waals surface area contributed by atoms with E-state index in [9.17, 15) is 5.11 Å². The maximum atomic E-state index is 9.23. The fraction of sp³-hybridized carbons (Fsp3) is 0.222. The third kappa shape index (κ3) is 5.44. The van der Waals surface area contributed by atoms with Gasteiger partial charge < -0.3 is 26.2 Å². The van der Waals surface area contributed by atoms with Crippen LogP contribution in [-0.4, -0.2) is 32.3 Å². The van der Waals surface area contributed by atoms with Gasteiger partial charge in [-0.2, -0.15) is 0 Å². The molecule has 0 aliphatic carbocycles. The van der Waals surface area contributed by atoms with Crippen molar-refractivity contribution >= 4 is 17.9 Å². The maximum absolute atomic E-state index is 9.23. The molecule has 1 unspecified atom stereocenters. The van der Waals surface area contributed by atoms with Crippen molar-refractivity contribution < 1.29 is 25.2 Å². The molecule has 0 saturated heterocycles. The number of carbonyl (C=O) groups is 1. The first-order valence-electron chi connectivity index (χ1n) is 4.20. The van der Waals surface area contributed by atoms with E-state index in [4.69, 9.17) is 25.8 Å². The Balaban J connectivity index is 0.000000487. The molecule has 1 aromatic carbocycles. The zero-order chi connectivity index (χ0) is 12.7. The summed E-state index contributed by atoms with van der Waals surface area (Å²) in [5, 5.41) is 33.3. The molecule has 0 aromatic heterocycles. The van der Waals surface area contributed by atoms with Crippen LogP contribution in [0, 0.1) is 0 Å². The number of benzene rings is 1. The van der Waals surface area contributed by atoms with Crippen molar-refractivity contribution in [3.05, 3.63) is 23.8 Å². The minimum Gasteiger partial charge on any atom is -0.504 e. The van der Waals surface area contributed by atoms with E-state index in [2.05, 4.69) is 12.6 Å². The highest BCUT2D eigenvalue weighted by molar-refractivity contribution is 7.96. The van der Waals surface area contributed by atoms with Gasteiger partial charge in [0.15, 0.2) is 11.5 Å². The molecule has 0 aliphatic rings. The van der Waals surface area contributed by atoms with Gasteiger partial charge in [0.2, 0.25) is 0 Å². The fourth-order valence-corrected chi connectivity index (χ4v) is 0.884. The lowest BCUT2D eigenvalue weighted by Gasteiger charge is -2.08. The first-order chi connectivity index (χ1) is 7.38. The Bertz CT molecular complexity index is 354. The second-order valence-corrected chi connectivity index (χ2v) is 3.16. The van der Waals surface area contributed by atoms with Gasteiger partial charge in [0.05, 0.1) is 6.10 Å². The average molecular weight is 247 g/mol. The molecule has 0 amide bonds. The maximum Gasteiger partial charge on any atom is 0.361 e. The Labute approximate surface area is 97.4 Å². The molecule has 6 nitrogen and oxygen atoms in total. The molecule has 0 spiro atoms. The number of phenols is 2. The van der Waals surface area contributed by atoms with Crippen LogP contribution >= 0.6 is 12.6 Å². The SMILES string of the molecule is NCC(O)c1ccc(O)c(O)c1.O=C(O)S. The Morgan fingerprint density at radius 1 is 1.38 bits per heavy atom. The molecule has 0 bridgehead atoms. The number of thiol groups is 1. The predicted molar refractivity (Wildman–Crippen MR) is 60.8 cm³/mol. The first-order valence-corrected chi connectivity index (χ1v) is 4.65. The molecule has 0 radical (unpaired) electrons. The molecule has 0 aliphatic heterocycles. The molecule has 0 heterocycles. The van der Waals surface area contributed by atoms with Crippen molar-refractivity contribution in [1.29, 1.82) is 0 Å². The summed E-state index contributed by atoms with van der Waals surface area (Å²) in [6.45, 7) is 0.0875. The summed E-state index contributed by atoms with van der Waals surface area (Å²) in [6.07, 6.45) is -0.795. The minimum absolute atomic E-state index is 0.0875. The Morgan fingerprint density at radius 2 is 1.88 bits per heavy atom. The first kappa shape index (κ1) is 14.6. The number of rotatable bonds is 2. The number of hydrogen-bond donors (Lipinski definition) is 6. The molecular weight excluding hydrogens is 234 g/mol. The summed E-state index contributed by atoms with van der Waals surface area (Å²) < 4.78 is 0. The summed E-state index contributed by atoms with van der Waals surface area (Å²) >= 11 is 2.88. The Hall–Kier alpha value is -1.44. The van der Waals surface area contributed by atoms with Crippen LogP contribution in [0.4, 0.5) is 4.79 Å². The lowest BCUT2D eigenvalue weighted by Crippen LogP contribution is -2.11. The van der Waals surface area contributed by atoms with Crippen molar-refractivity contribution in [3.8, 4) is 11.5 Å². The Kier molecular flexibility index (Phi) is 6.31. The molecule has 90 valence electrons. The smallest absolute Gasteiger partial charge is 0.361 e. The highest BCUT2D eigenvalue weighted by Crippen LogP contribution is 2.27. The highest BCUT2D eigenvalue weighted by atomic mass is 32.1. The van der Waals surface area contributed by atoms with E-state index in [0.717, 1.165) is 0 Å². The number of aliphatic hydroxyl groups is 1. The van der Waals surface area contributed by atoms with Crippen LogP contribution in [0.25, 0.3) is 0 Å². The van der Waals surface area contributed by atoms with E-state index in [-0.39, 0.29) is 18.0 Å². The van der Waals surface area contributed by atoms with Gasteiger partial charge in [-0.1, -0.05) is 18.7 Å². The average Bonchev–Trinajstić information content (AvgIpc) is 2.20. The van der Waals surface area contributed by atoms with Gasteiger partial charge in [0.1, 0.15) is 0 Å². The number of hydrogen-bond acceptors (Lipinski definition) is 5. The van der Waals surface area contributed by atoms with Crippen LogP contribution in [0.3, 0.4) is 0 Å². The number of phenolic OH excluding ortho intramolecular Hbond substituents is 2. The zero-order valence-corrected chi connectivity index (χ0v) is 9.13. The van der Waals surface area contributed by atoms with E-state index in [1.165, 1.54) is 18.2 Å². The lowest BCUT2D eigenvalue weighted by molar-refractivity contribution is 0.186. The Morgan fingerprint density at radius 3 is 2.25 bits per heavy atom. The van der Waals surface area contributed by atoms with Gasteiger partial charge in [-0.25, -0.2) is 4.79 Å². The van der Waals surface area contributed by atoms with Crippen molar-refractivity contribution in [3.63, 3.8) is 0 Å². The molecular formula is C9H13NO5S. The van der Waals surface area contributed by atoms with E-state index in [0.29, 0.717) is 5.56 Å². The summed E-state index contributed by atoms with van der Waals surface area (Å²) in [7, 11) is 0. The van der Waals surface area contributed by atoms with Crippen LogP contribution < -0.4 is 5.73 Å². The summed E-state index contributed by atoms with van der Waals surface area (Å²) in [5.74, 6) is -0.456. The molecule has 6 N–H and O–H groups in total. The van der Waals surface area contributed by atoms with Gasteiger partial charge in [0, 0.05) is 6.54 Å². The van der Waals surface area contributed by atoms with Crippen molar-refractivity contribution in [1.82, 2.24) is 0 Å². The topological polar surface area (TPSA) is 124 Å². The van der Waals surface area contributed by atoms with Gasteiger partial charge in [-0.15, -0.1) is 0 Å². The molecule has 7 heteroatoms. The molecule has 0 saturated carbocycles. The van der Waals surface area contributed by atoms with E-state index in [1.807, 2.05) is 0 Å². The third-order valence-electron chi connectivity index (χ3n) is 1.61. The van der Waals surface area contributed by atoms with Crippen molar-refractivity contribution in [2.45, 2.75) is 6.10 Å². The number of nitrogens with two attached hydrogens (primary N) is 1. The third-order valence-corrected chi connectivity index (χ3v) is 1.61. The van der Waals surface area contributed by atoms with Crippen LogP contribution in [-0.2, 0) is 0 Å². The minimum atomic E-state index is -1.14. The molecule has 1 rings (SSSR count). The van der Waals surface area contributed by atoms with Gasteiger partial charge in [0.25, 0.3) is 0 Å². The predicted octanol–water partition coefficient (Wildman–Crippen LogP) is 0.684. The van der Waals surface area contributed by atoms with Crippen LogP contribution in [0.2, 0.25) is 0 Å². The number of aliphatic hydroxyl groups excluding tert-OH is 1. The lowest BCUT2D eigenvalue weighted by atomic mass is 10.1. The van der Waals surface area contributed by atoms with Crippen LogP contribution in [0.5, 0.6) is 11.5 Å². The molecule has 16 heavy (non-hydrogen) atoms. The summed E-state index contributed by atoms with van der Waals surface area (Å²) in [5.41, 5.74) is 5.69. The van der Waals surface area contributed by atoms with Gasteiger partial charge >= 0.3 is 5.30 Å². The van der Waals surface area contributed by atoms with E-state index < -0.39 is 11.4 Å². The van der Waals surface area contributed by atoms with E-state index >= 15 is 0 Å².